The second-order valence-electron chi connectivity index (χ2n) is 7.84. The van der Waals surface area contributed by atoms with Crippen LogP contribution < -0.4 is 14.8 Å². The fourth-order valence-electron chi connectivity index (χ4n) is 3.73. The van der Waals surface area contributed by atoms with E-state index in [2.05, 4.69) is 10.3 Å². The molecule has 34 heavy (non-hydrogen) atoms. The van der Waals surface area contributed by atoms with Gasteiger partial charge in [0.2, 0.25) is 0 Å². The minimum Gasteiger partial charge on any atom is -0.493 e. The Labute approximate surface area is 207 Å². The predicted octanol–water partition coefficient (Wildman–Crippen LogP) is 5.85. The second-order valence-corrected chi connectivity index (χ2v) is 8.69. The highest BCUT2D eigenvalue weighted by Crippen LogP contribution is 2.34. The van der Waals surface area contributed by atoms with Crippen molar-refractivity contribution in [2.75, 3.05) is 7.11 Å². The molecule has 176 valence electrons. The van der Waals surface area contributed by atoms with Gasteiger partial charge in [-0.1, -0.05) is 53.5 Å². The van der Waals surface area contributed by atoms with E-state index in [0.29, 0.717) is 40.1 Å². The molecule has 4 aromatic rings. The maximum Gasteiger partial charge on any atom is 0.321 e. The standard InChI is InChI=1S/C26H24Cl2N2O4/c1-33-24-11-18(21(28)12-25(24)34-15-16-6-8-19(27)9-7-16)14-30-23(26(31)32)10-17-13-29-22-5-3-2-4-20(17)22/h2-9,11-13,23,29-30H,10,14-15H2,1H3,(H,31,32). The van der Waals surface area contributed by atoms with Crippen LogP contribution >= 0.6 is 23.2 Å². The van der Waals surface area contributed by atoms with Crippen molar-refractivity contribution in [1.29, 1.82) is 0 Å². The number of benzene rings is 3. The minimum atomic E-state index is -0.934. The lowest BCUT2D eigenvalue weighted by atomic mass is 10.0. The Balaban J connectivity index is 1.45. The maximum absolute atomic E-state index is 11.9. The van der Waals surface area contributed by atoms with Gasteiger partial charge in [-0.15, -0.1) is 0 Å². The Hall–Kier alpha value is -3.19. The molecule has 1 aromatic heterocycles. The summed E-state index contributed by atoms with van der Waals surface area (Å²) in [6.45, 7) is 0.582. The zero-order chi connectivity index (χ0) is 24.1. The van der Waals surface area contributed by atoms with E-state index in [9.17, 15) is 9.90 Å². The zero-order valence-electron chi connectivity index (χ0n) is 18.5. The van der Waals surface area contributed by atoms with E-state index in [-0.39, 0.29) is 6.54 Å². The molecule has 0 amide bonds. The van der Waals surface area contributed by atoms with E-state index < -0.39 is 12.0 Å². The Kier molecular flexibility index (Phi) is 7.63. The number of aliphatic carboxylic acids is 1. The number of H-pyrrole nitrogens is 1. The lowest BCUT2D eigenvalue weighted by Gasteiger charge is -2.17. The van der Waals surface area contributed by atoms with Gasteiger partial charge in [-0.25, -0.2) is 0 Å². The molecule has 0 saturated heterocycles. The van der Waals surface area contributed by atoms with Crippen molar-refractivity contribution in [2.24, 2.45) is 0 Å². The molecule has 0 fully saturated rings. The first-order valence-electron chi connectivity index (χ1n) is 10.7. The normalized spacial score (nSPS) is 12.0. The largest absolute Gasteiger partial charge is 0.493 e. The molecule has 0 saturated carbocycles. The summed E-state index contributed by atoms with van der Waals surface area (Å²) in [4.78, 5) is 15.1. The lowest BCUT2D eigenvalue weighted by Crippen LogP contribution is -2.38. The van der Waals surface area contributed by atoms with Crippen LogP contribution in [0.25, 0.3) is 10.9 Å². The number of aromatic nitrogens is 1. The van der Waals surface area contributed by atoms with Crippen molar-refractivity contribution < 1.29 is 19.4 Å². The Morgan fingerprint density at radius 3 is 2.56 bits per heavy atom. The number of hydrogen-bond donors (Lipinski definition) is 3. The predicted molar refractivity (Wildman–Crippen MR) is 134 cm³/mol. The summed E-state index contributed by atoms with van der Waals surface area (Å²) in [6.07, 6.45) is 2.18. The van der Waals surface area contributed by atoms with Crippen LogP contribution in [0.15, 0.2) is 66.9 Å². The van der Waals surface area contributed by atoms with E-state index in [4.69, 9.17) is 32.7 Å². The average molecular weight is 499 g/mol. The number of carboxylic acids is 1. The zero-order valence-corrected chi connectivity index (χ0v) is 20.0. The van der Waals surface area contributed by atoms with Gasteiger partial charge in [-0.3, -0.25) is 10.1 Å². The van der Waals surface area contributed by atoms with E-state index in [1.807, 2.05) is 42.6 Å². The van der Waals surface area contributed by atoms with Crippen molar-refractivity contribution in [2.45, 2.75) is 25.6 Å². The number of fused-ring (bicyclic) bond motifs is 1. The third kappa shape index (κ3) is 5.65. The Bertz CT molecular complexity index is 1290. The van der Waals surface area contributed by atoms with Gasteiger partial charge in [-0.2, -0.15) is 0 Å². The van der Waals surface area contributed by atoms with E-state index in [0.717, 1.165) is 22.0 Å². The van der Waals surface area contributed by atoms with Gasteiger partial charge in [0, 0.05) is 46.2 Å². The molecular formula is C26H24Cl2N2O4. The lowest BCUT2D eigenvalue weighted by molar-refractivity contribution is -0.139. The fourth-order valence-corrected chi connectivity index (χ4v) is 4.07. The highest BCUT2D eigenvalue weighted by molar-refractivity contribution is 6.31. The van der Waals surface area contributed by atoms with E-state index >= 15 is 0 Å². The minimum absolute atomic E-state index is 0.256. The van der Waals surface area contributed by atoms with Gasteiger partial charge in [-0.05, 0) is 41.0 Å². The first-order chi connectivity index (χ1) is 16.4. The van der Waals surface area contributed by atoms with Crippen LogP contribution in [0.4, 0.5) is 0 Å². The van der Waals surface area contributed by atoms with E-state index in [1.165, 1.54) is 0 Å². The molecule has 0 aliphatic heterocycles. The van der Waals surface area contributed by atoms with Crippen LogP contribution in [-0.2, 0) is 24.4 Å². The number of carboxylic acid groups (broad SMARTS) is 1. The van der Waals surface area contributed by atoms with Crippen LogP contribution in [0.2, 0.25) is 10.0 Å². The second kappa shape index (κ2) is 10.8. The number of carbonyl (C=O) groups is 1. The van der Waals surface area contributed by atoms with Gasteiger partial charge >= 0.3 is 5.97 Å². The number of ether oxygens (including phenoxy) is 2. The van der Waals surface area contributed by atoms with Crippen molar-refractivity contribution in [3.05, 3.63) is 93.6 Å². The fraction of sp³-hybridized carbons (Fsp3) is 0.192. The Morgan fingerprint density at radius 1 is 1.06 bits per heavy atom. The van der Waals surface area contributed by atoms with Crippen LogP contribution in [0.5, 0.6) is 11.5 Å². The van der Waals surface area contributed by atoms with Gasteiger partial charge in [0.15, 0.2) is 11.5 Å². The maximum atomic E-state index is 11.9. The molecule has 3 aromatic carbocycles. The topological polar surface area (TPSA) is 83.6 Å². The van der Waals surface area contributed by atoms with Crippen LogP contribution in [-0.4, -0.2) is 29.2 Å². The molecule has 6 nitrogen and oxygen atoms in total. The number of para-hydroxylation sites is 1. The summed E-state index contributed by atoms with van der Waals surface area (Å²) >= 11 is 12.4. The average Bonchev–Trinajstić information content (AvgIpc) is 3.24. The highest BCUT2D eigenvalue weighted by Gasteiger charge is 2.20. The quantitative estimate of drug-likeness (QED) is 0.255. The number of rotatable bonds is 10. The van der Waals surface area contributed by atoms with Crippen molar-refractivity contribution in [3.63, 3.8) is 0 Å². The number of methoxy groups -OCH3 is 1. The van der Waals surface area contributed by atoms with E-state index in [1.54, 1.807) is 31.4 Å². The molecule has 0 aliphatic rings. The summed E-state index contributed by atoms with van der Waals surface area (Å²) in [5, 5.41) is 15.0. The summed E-state index contributed by atoms with van der Waals surface area (Å²) < 4.78 is 11.4. The number of nitrogens with one attached hydrogen (secondary N) is 2. The molecule has 1 unspecified atom stereocenters. The van der Waals surface area contributed by atoms with Gasteiger partial charge in [0.05, 0.1) is 7.11 Å². The molecule has 0 aliphatic carbocycles. The van der Waals surface area contributed by atoms with Gasteiger partial charge < -0.3 is 19.6 Å². The highest BCUT2D eigenvalue weighted by atomic mass is 35.5. The molecule has 0 spiro atoms. The van der Waals surface area contributed by atoms with Crippen molar-refractivity contribution >= 4 is 40.1 Å². The number of halogens is 2. The monoisotopic (exact) mass is 498 g/mol. The van der Waals surface area contributed by atoms with Gasteiger partial charge in [0.1, 0.15) is 12.6 Å². The summed E-state index contributed by atoms with van der Waals surface area (Å²) in [7, 11) is 1.55. The molecule has 1 atom stereocenters. The van der Waals surface area contributed by atoms with Crippen LogP contribution in [0, 0.1) is 0 Å². The molecule has 3 N–H and O–H groups in total. The van der Waals surface area contributed by atoms with Crippen LogP contribution in [0.1, 0.15) is 16.7 Å². The molecule has 0 radical (unpaired) electrons. The first-order valence-corrected chi connectivity index (χ1v) is 11.4. The summed E-state index contributed by atoms with van der Waals surface area (Å²) in [5.41, 5.74) is 3.58. The SMILES string of the molecule is COc1cc(CNC(Cc2c[nH]c3ccccc23)C(=O)O)c(Cl)cc1OCc1ccc(Cl)cc1. The van der Waals surface area contributed by atoms with Crippen molar-refractivity contribution in [3.8, 4) is 11.5 Å². The first kappa shape index (κ1) is 24.0. The molecular weight excluding hydrogens is 475 g/mol. The smallest absolute Gasteiger partial charge is 0.321 e. The summed E-state index contributed by atoms with van der Waals surface area (Å²) in [6, 6.07) is 17.8. The Morgan fingerprint density at radius 2 is 1.82 bits per heavy atom. The number of aromatic amines is 1. The van der Waals surface area contributed by atoms with Gasteiger partial charge in [0.25, 0.3) is 0 Å². The molecule has 8 heteroatoms. The van der Waals surface area contributed by atoms with Crippen molar-refractivity contribution in [1.82, 2.24) is 10.3 Å². The molecule has 4 rings (SSSR count). The molecule has 0 bridgehead atoms. The third-order valence-corrected chi connectivity index (χ3v) is 6.18. The third-order valence-electron chi connectivity index (χ3n) is 5.58. The van der Waals surface area contributed by atoms with Crippen LogP contribution in [0.3, 0.4) is 0 Å². The number of hydrogen-bond acceptors (Lipinski definition) is 4. The molecule has 1 heterocycles. The summed E-state index contributed by atoms with van der Waals surface area (Å²) in [5.74, 6) is 0.0785.